The molecule has 0 aliphatic carbocycles. The molecule has 0 aliphatic rings. The smallest absolute Gasteiger partial charge is 0.191 e. The van der Waals surface area contributed by atoms with Crippen molar-refractivity contribution in [2.75, 3.05) is 26.3 Å². The van der Waals surface area contributed by atoms with Crippen LogP contribution in [-0.4, -0.2) is 37.4 Å². The van der Waals surface area contributed by atoms with Crippen LogP contribution in [0.15, 0.2) is 53.5 Å². The molecule has 0 bridgehead atoms. The maximum Gasteiger partial charge on any atom is 0.191 e. The van der Waals surface area contributed by atoms with Crippen LogP contribution in [0.4, 0.5) is 4.39 Å². The van der Waals surface area contributed by atoms with Crippen LogP contribution in [-0.2, 0) is 6.54 Å². The molecule has 6 heteroatoms. The fourth-order valence-corrected chi connectivity index (χ4v) is 2.66. The van der Waals surface area contributed by atoms with Gasteiger partial charge < -0.3 is 20.5 Å². The molecule has 0 aliphatic heterocycles. The highest BCUT2D eigenvalue weighted by Gasteiger charge is 2.11. The Morgan fingerprint density at radius 2 is 1.93 bits per heavy atom. The van der Waals surface area contributed by atoms with Gasteiger partial charge in [-0.1, -0.05) is 36.4 Å². The summed E-state index contributed by atoms with van der Waals surface area (Å²) in [6.07, 6.45) is 0. The maximum absolute atomic E-state index is 14.0. The number of rotatable bonds is 9. The number of halogens is 1. The van der Waals surface area contributed by atoms with Gasteiger partial charge in [-0.15, -0.1) is 0 Å². The highest BCUT2D eigenvalue weighted by molar-refractivity contribution is 5.79. The van der Waals surface area contributed by atoms with E-state index in [1.807, 2.05) is 50.2 Å². The molecule has 2 aromatic rings. The summed E-state index contributed by atoms with van der Waals surface area (Å²) in [6, 6.07) is 14.7. The first-order valence-corrected chi connectivity index (χ1v) is 9.27. The molecule has 0 heterocycles. The van der Waals surface area contributed by atoms with Gasteiger partial charge in [-0.05, 0) is 37.1 Å². The minimum absolute atomic E-state index is 0.0297. The normalized spacial score (nSPS) is 12.5. The Kier molecular flexibility index (Phi) is 8.58. The lowest BCUT2D eigenvalue weighted by molar-refractivity contribution is 0.265. The van der Waals surface area contributed by atoms with Crippen LogP contribution in [0.2, 0.25) is 0 Å². The van der Waals surface area contributed by atoms with Crippen LogP contribution in [0.5, 0.6) is 5.75 Å². The molecule has 0 amide bonds. The van der Waals surface area contributed by atoms with Gasteiger partial charge >= 0.3 is 0 Å². The number of benzene rings is 2. The van der Waals surface area contributed by atoms with Gasteiger partial charge in [0.1, 0.15) is 0 Å². The molecule has 2 rings (SSSR count). The number of nitrogens with zero attached hydrogens (tertiary/aromatic N) is 1. The Balaban J connectivity index is 2.00. The number of aliphatic hydroxyl groups excluding tert-OH is 1. The van der Waals surface area contributed by atoms with E-state index in [1.165, 1.54) is 6.07 Å². The summed E-state index contributed by atoms with van der Waals surface area (Å²) in [5.41, 5.74) is 1.83. The van der Waals surface area contributed by atoms with Crippen LogP contribution in [0.25, 0.3) is 0 Å². The molecule has 0 radical (unpaired) electrons. The van der Waals surface area contributed by atoms with Gasteiger partial charge in [0.15, 0.2) is 17.5 Å². The summed E-state index contributed by atoms with van der Waals surface area (Å²) >= 11 is 0. The summed E-state index contributed by atoms with van der Waals surface area (Å²) in [7, 11) is 0. The molecule has 146 valence electrons. The maximum atomic E-state index is 14.0. The summed E-state index contributed by atoms with van der Waals surface area (Å²) in [6.45, 7) is 5.86. The van der Waals surface area contributed by atoms with Gasteiger partial charge in [0.25, 0.3) is 0 Å². The van der Waals surface area contributed by atoms with Crippen molar-refractivity contribution in [2.45, 2.75) is 26.3 Å². The van der Waals surface area contributed by atoms with E-state index in [1.54, 1.807) is 6.07 Å². The molecule has 0 spiro atoms. The number of aliphatic hydroxyl groups is 1. The van der Waals surface area contributed by atoms with E-state index >= 15 is 0 Å². The Morgan fingerprint density at radius 3 is 2.56 bits per heavy atom. The van der Waals surface area contributed by atoms with Crippen molar-refractivity contribution in [1.82, 2.24) is 10.6 Å². The largest absolute Gasteiger partial charge is 0.491 e. The van der Waals surface area contributed by atoms with Crippen molar-refractivity contribution in [3.8, 4) is 5.75 Å². The van der Waals surface area contributed by atoms with Crippen LogP contribution >= 0.6 is 0 Å². The predicted molar refractivity (Wildman–Crippen MR) is 107 cm³/mol. The molecular formula is C21H28FN3O2. The van der Waals surface area contributed by atoms with Crippen molar-refractivity contribution in [3.05, 3.63) is 65.5 Å². The molecule has 2 aromatic carbocycles. The molecule has 0 saturated carbocycles. The van der Waals surface area contributed by atoms with Gasteiger partial charge in [-0.2, -0.15) is 0 Å². The van der Waals surface area contributed by atoms with Crippen molar-refractivity contribution in [2.24, 2.45) is 4.99 Å². The fourth-order valence-electron chi connectivity index (χ4n) is 2.66. The first-order valence-electron chi connectivity index (χ1n) is 9.27. The van der Waals surface area contributed by atoms with Crippen LogP contribution in [0.3, 0.4) is 0 Å². The number of nitrogens with one attached hydrogen (secondary N) is 2. The van der Waals surface area contributed by atoms with E-state index < -0.39 is 0 Å². The third-order valence-corrected chi connectivity index (χ3v) is 4.07. The van der Waals surface area contributed by atoms with Crippen LogP contribution in [0.1, 0.15) is 30.9 Å². The second-order valence-electron chi connectivity index (χ2n) is 6.06. The Hall–Kier alpha value is -2.60. The van der Waals surface area contributed by atoms with E-state index in [9.17, 15) is 9.50 Å². The van der Waals surface area contributed by atoms with Crippen LogP contribution < -0.4 is 15.4 Å². The molecular weight excluding hydrogens is 345 g/mol. The van der Waals surface area contributed by atoms with E-state index in [2.05, 4.69) is 15.6 Å². The number of hydrogen-bond acceptors (Lipinski definition) is 3. The molecule has 0 saturated heterocycles. The fraction of sp³-hybridized carbons (Fsp3) is 0.381. The molecule has 0 aromatic heterocycles. The molecule has 0 fully saturated rings. The number of ether oxygens (including phenoxy) is 1. The summed E-state index contributed by atoms with van der Waals surface area (Å²) in [5.74, 6) is 0.468. The van der Waals surface area contributed by atoms with E-state index in [4.69, 9.17) is 4.74 Å². The zero-order valence-corrected chi connectivity index (χ0v) is 15.9. The second-order valence-corrected chi connectivity index (χ2v) is 6.06. The first-order chi connectivity index (χ1) is 13.2. The predicted octanol–water partition coefficient (Wildman–Crippen LogP) is 3.06. The lowest BCUT2D eigenvalue weighted by Crippen LogP contribution is -2.39. The van der Waals surface area contributed by atoms with Crippen LogP contribution in [0, 0.1) is 5.82 Å². The second kappa shape index (κ2) is 11.2. The highest BCUT2D eigenvalue weighted by Crippen LogP contribution is 2.19. The van der Waals surface area contributed by atoms with Gasteiger partial charge in [-0.25, -0.2) is 9.38 Å². The summed E-state index contributed by atoms with van der Waals surface area (Å²) < 4.78 is 19.2. The minimum Gasteiger partial charge on any atom is -0.491 e. The zero-order valence-electron chi connectivity index (χ0n) is 15.9. The summed E-state index contributed by atoms with van der Waals surface area (Å²) in [5, 5.41) is 16.1. The Morgan fingerprint density at radius 1 is 1.15 bits per heavy atom. The topological polar surface area (TPSA) is 65.9 Å². The van der Waals surface area contributed by atoms with Gasteiger partial charge in [0.2, 0.25) is 0 Å². The standard InChI is InChI=1S/C21H28FN3O2/c1-3-23-21(25-14-18(15-26)17-8-6-5-7-9-17)24-13-16-10-11-20(27-4-2)19(22)12-16/h5-12,18,26H,3-4,13-15H2,1-2H3,(H2,23,24,25). The summed E-state index contributed by atoms with van der Waals surface area (Å²) in [4.78, 5) is 4.51. The number of hydrogen-bond donors (Lipinski definition) is 3. The third kappa shape index (κ3) is 6.57. The van der Waals surface area contributed by atoms with Gasteiger partial charge in [0.05, 0.1) is 19.8 Å². The van der Waals surface area contributed by atoms with Crippen molar-refractivity contribution in [3.63, 3.8) is 0 Å². The zero-order chi connectivity index (χ0) is 19.5. The molecule has 27 heavy (non-hydrogen) atoms. The van der Waals surface area contributed by atoms with E-state index in [0.717, 1.165) is 11.1 Å². The average Bonchev–Trinajstić information content (AvgIpc) is 2.69. The SMILES string of the molecule is CCNC(=NCc1ccc(OCC)c(F)c1)NCC(CO)c1ccccc1. The highest BCUT2D eigenvalue weighted by atomic mass is 19.1. The average molecular weight is 373 g/mol. The molecule has 5 nitrogen and oxygen atoms in total. The Labute approximate surface area is 160 Å². The number of aliphatic imine (C=N–C) groups is 1. The van der Waals surface area contributed by atoms with Crippen molar-refractivity contribution < 1.29 is 14.2 Å². The van der Waals surface area contributed by atoms with Gasteiger partial charge in [0, 0.05) is 19.0 Å². The monoisotopic (exact) mass is 373 g/mol. The molecule has 3 N–H and O–H groups in total. The van der Waals surface area contributed by atoms with Crippen molar-refractivity contribution >= 4 is 5.96 Å². The number of guanidine groups is 1. The first kappa shape index (κ1) is 20.7. The lowest BCUT2D eigenvalue weighted by Gasteiger charge is -2.18. The third-order valence-electron chi connectivity index (χ3n) is 4.07. The van der Waals surface area contributed by atoms with Crippen molar-refractivity contribution in [1.29, 1.82) is 0 Å². The van der Waals surface area contributed by atoms with E-state index in [-0.39, 0.29) is 24.1 Å². The Bertz CT molecular complexity index is 723. The lowest BCUT2D eigenvalue weighted by atomic mass is 10.0. The quantitative estimate of drug-likeness (QED) is 0.467. The molecule has 1 atom stereocenters. The van der Waals surface area contributed by atoms with E-state index in [0.29, 0.717) is 32.2 Å². The molecule has 1 unspecified atom stereocenters. The van der Waals surface area contributed by atoms with Gasteiger partial charge in [-0.3, -0.25) is 0 Å². The minimum atomic E-state index is -0.382.